The first-order valence-electron chi connectivity index (χ1n) is 8.63. The predicted octanol–water partition coefficient (Wildman–Crippen LogP) is 4.30. The maximum absolute atomic E-state index is 5.74. The van der Waals surface area contributed by atoms with E-state index in [1.807, 2.05) is 42.6 Å². The van der Waals surface area contributed by atoms with Gasteiger partial charge in [0, 0.05) is 0 Å². The number of methoxy groups -OCH3 is 1. The van der Waals surface area contributed by atoms with Gasteiger partial charge >= 0.3 is 0 Å². The van der Waals surface area contributed by atoms with Crippen LogP contribution in [-0.4, -0.2) is 22.0 Å². The minimum Gasteiger partial charge on any atom is -0.495 e. The zero-order chi connectivity index (χ0) is 19.1. The number of nitrogens with one attached hydrogen (secondary N) is 2. The second-order valence-electron chi connectivity index (χ2n) is 5.82. The SMILES string of the molecule is CCc1ccc(OCn2cc(NC(=S)Nc3ccccc3OC)cn2)cc1. The Morgan fingerprint density at radius 3 is 2.63 bits per heavy atom. The highest BCUT2D eigenvalue weighted by atomic mass is 32.1. The van der Waals surface area contributed by atoms with Crippen LogP contribution >= 0.6 is 12.2 Å². The molecule has 3 aromatic rings. The zero-order valence-electron chi connectivity index (χ0n) is 15.3. The van der Waals surface area contributed by atoms with Crippen LogP contribution in [0, 0.1) is 0 Å². The number of hydrogen-bond acceptors (Lipinski definition) is 4. The van der Waals surface area contributed by atoms with Gasteiger partial charge in [-0.05, 0) is 48.5 Å². The van der Waals surface area contributed by atoms with Crippen molar-refractivity contribution in [2.24, 2.45) is 0 Å². The van der Waals surface area contributed by atoms with Crippen LogP contribution in [0.25, 0.3) is 0 Å². The Kier molecular flexibility index (Phi) is 6.27. The summed E-state index contributed by atoms with van der Waals surface area (Å²) < 4.78 is 12.7. The van der Waals surface area contributed by atoms with Crippen LogP contribution < -0.4 is 20.1 Å². The molecule has 140 valence electrons. The van der Waals surface area contributed by atoms with Crippen LogP contribution in [0.5, 0.6) is 11.5 Å². The summed E-state index contributed by atoms with van der Waals surface area (Å²) in [6.07, 6.45) is 4.54. The molecule has 7 heteroatoms. The summed E-state index contributed by atoms with van der Waals surface area (Å²) in [6.45, 7) is 2.45. The Bertz CT molecular complexity index is 893. The molecule has 0 aliphatic rings. The van der Waals surface area contributed by atoms with Crippen molar-refractivity contribution in [3.05, 3.63) is 66.5 Å². The molecule has 0 radical (unpaired) electrons. The lowest BCUT2D eigenvalue weighted by Gasteiger charge is -2.12. The van der Waals surface area contributed by atoms with Crippen molar-refractivity contribution in [1.82, 2.24) is 9.78 Å². The normalized spacial score (nSPS) is 10.3. The van der Waals surface area contributed by atoms with Crippen LogP contribution in [0.1, 0.15) is 12.5 Å². The number of rotatable bonds is 7. The smallest absolute Gasteiger partial charge is 0.180 e. The quantitative estimate of drug-likeness (QED) is 0.594. The van der Waals surface area contributed by atoms with E-state index in [2.05, 4.69) is 34.8 Å². The van der Waals surface area contributed by atoms with E-state index >= 15 is 0 Å². The molecule has 6 nitrogen and oxygen atoms in total. The van der Waals surface area contributed by atoms with Crippen molar-refractivity contribution in [2.75, 3.05) is 17.7 Å². The fourth-order valence-corrected chi connectivity index (χ4v) is 2.72. The maximum atomic E-state index is 5.74. The molecule has 1 heterocycles. The molecule has 0 saturated heterocycles. The average Bonchev–Trinajstić information content (AvgIpc) is 3.14. The number of hydrogen-bond donors (Lipinski definition) is 2. The molecule has 27 heavy (non-hydrogen) atoms. The van der Waals surface area contributed by atoms with Gasteiger partial charge in [-0.2, -0.15) is 5.10 Å². The maximum Gasteiger partial charge on any atom is 0.180 e. The van der Waals surface area contributed by atoms with E-state index in [1.54, 1.807) is 18.0 Å². The van der Waals surface area contributed by atoms with Crippen LogP contribution in [0.2, 0.25) is 0 Å². The van der Waals surface area contributed by atoms with Gasteiger partial charge in [-0.1, -0.05) is 31.2 Å². The summed E-state index contributed by atoms with van der Waals surface area (Å²) in [5.74, 6) is 1.53. The molecule has 0 atom stereocenters. The highest BCUT2D eigenvalue weighted by Crippen LogP contribution is 2.23. The minimum absolute atomic E-state index is 0.319. The van der Waals surface area contributed by atoms with E-state index < -0.39 is 0 Å². The number of ether oxygens (including phenoxy) is 2. The molecule has 0 aliphatic heterocycles. The molecule has 3 rings (SSSR count). The van der Waals surface area contributed by atoms with E-state index in [0.717, 1.165) is 29.3 Å². The van der Waals surface area contributed by atoms with E-state index in [1.165, 1.54) is 5.56 Å². The summed E-state index contributed by atoms with van der Waals surface area (Å²) in [5.41, 5.74) is 2.85. The number of aryl methyl sites for hydroxylation is 1. The van der Waals surface area contributed by atoms with E-state index in [4.69, 9.17) is 21.7 Å². The van der Waals surface area contributed by atoms with Gasteiger partial charge in [-0.3, -0.25) is 0 Å². The van der Waals surface area contributed by atoms with Gasteiger partial charge in [-0.25, -0.2) is 4.68 Å². The largest absolute Gasteiger partial charge is 0.495 e. The second-order valence-corrected chi connectivity index (χ2v) is 6.23. The van der Waals surface area contributed by atoms with Gasteiger partial charge < -0.3 is 20.1 Å². The molecular weight excluding hydrogens is 360 g/mol. The highest BCUT2D eigenvalue weighted by molar-refractivity contribution is 7.80. The fourth-order valence-electron chi connectivity index (χ4n) is 2.49. The van der Waals surface area contributed by atoms with Crippen molar-refractivity contribution in [1.29, 1.82) is 0 Å². The molecule has 0 saturated carbocycles. The number of nitrogens with zero attached hydrogens (tertiary/aromatic N) is 2. The van der Waals surface area contributed by atoms with Crippen molar-refractivity contribution in [2.45, 2.75) is 20.1 Å². The molecule has 0 fully saturated rings. The minimum atomic E-state index is 0.319. The van der Waals surface area contributed by atoms with Crippen LogP contribution in [-0.2, 0) is 13.2 Å². The molecule has 0 amide bonds. The predicted molar refractivity (Wildman–Crippen MR) is 112 cm³/mol. The summed E-state index contributed by atoms with van der Waals surface area (Å²) in [7, 11) is 1.62. The molecule has 0 bridgehead atoms. The lowest BCUT2D eigenvalue weighted by atomic mass is 10.2. The summed E-state index contributed by atoms with van der Waals surface area (Å²) >= 11 is 5.35. The van der Waals surface area contributed by atoms with Gasteiger partial charge in [0.2, 0.25) is 0 Å². The first-order chi connectivity index (χ1) is 13.2. The first-order valence-corrected chi connectivity index (χ1v) is 9.04. The third kappa shape index (κ3) is 5.21. The molecule has 2 N–H and O–H groups in total. The summed E-state index contributed by atoms with van der Waals surface area (Å²) in [6, 6.07) is 15.6. The van der Waals surface area contributed by atoms with Gasteiger partial charge in [0.1, 0.15) is 11.5 Å². The fraction of sp³-hybridized carbons (Fsp3) is 0.200. The Morgan fingerprint density at radius 1 is 1.11 bits per heavy atom. The number of thiocarbonyl (C=S) groups is 1. The third-order valence-electron chi connectivity index (χ3n) is 3.94. The van der Waals surface area contributed by atoms with Gasteiger partial charge in [0.05, 0.1) is 30.9 Å². The van der Waals surface area contributed by atoms with Crippen molar-refractivity contribution in [3.63, 3.8) is 0 Å². The van der Waals surface area contributed by atoms with Crippen LogP contribution in [0.3, 0.4) is 0 Å². The van der Waals surface area contributed by atoms with E-state index in [9.17, 15) is 0 Å². The highest BCUT2D eigenvalue weighted by Gasteiger charge is 2.06. The molecule has 0 unspecified atom stereocenters. The Morgan fingerprint density at radius 2 is 1.89 bits per heavy atom. The number of anilines is 2. The van der Waals surface area contributed by atoms with E-state index in [-0.39, 0.29) is 0 Å². The number of aromatic nitrogens is 2. The zero-order valence-corrected chi connectivity index (χ0v) is 16.1. The first kappa shape index (κ1) is 18.7. The Hall–Kier alpha value is -3.06. The van der Waals surface area contributed by atoms with Crippen LogP contribution in [0.4, 0.5) is 11.4 Å². The standard InChI is InChI=1S/C20H22N4O2S/c1-3-15-8-10-17(11-9-15)26-14-24-13-16(12-21-24)22-20(27)23-18-6-4-5-7-19(18)25-2/h4-13H,3,14H2,1-2H3,(H2,22,23,27). The van der Waals surface area contributed by atoms with Crippen LogP contribution in [0.15, 0.2) is 60.9 Å². The average molecular weight is 382 g/mol. The van der Waals surface area contributed by atoms with Crippen molar-refractivity contribution in [3.8, 4) is 11.5 Å². The Balaban J connectivity index is 1.53. The summed E-state index contributed by atoms with van der Waals surface area (Å²) in [4.78, 5) is 0. The third-order valence-corrected chi connectivity index (χ3v) is 4.15. The van der Waals surface area contributed by atoms with Gasteiger partial charge in [0.15, 0.2) is 11.8 Å². The van der Waals surface area contributed by atoms with Crippen molar-refractivity contribution >= 4 is 28.7 Å². The number of benzene rings is 2. The molecule has 1 aromatic heterocycles. The van der Waals surface area contributed by atoms with Gasteiger partial charge in [-0.15, -0.1) is 0 Å². The molecule has 0 aliphatic carbocycles. The van der Waals surface area contributed by atoms with Crippen molar-refractivity contribution < 1.29 is 9.47 Å². The second kappa shape index (κ2) is 9.05. The van der Waals surface area contributed by atoms with E-state index in [0.29, 0.717) is 11.8 Å². The topological polar surface area (TPSA) is 60.3 Å². The van der Waals surface area contributed by atoms with Gasteiger partial charge in [0.25, 0.3) is 0 Å². The number of para-hydroxylation sites is 2. The lowest BCUT2D eigenvalue weighted by Crippen LogP contribution is -2.19. The molecular formula is C20H22N4O2S. The Labute approximate surface area is 164 Å². The molecule has 0 spiro atoms. The lowest BCUT2D eigenvalue weighted by molar-refractivity contribution is 0.221. The molecule has 2 aromatic carbocycles. The summed E-state index contributed by atoms with van der Waals surface area (Å²) in [5, 5.41) is 10.9. The monoisotopic (exact) mass is 382 g/mol.